The van der Waals surface area contributed by atoms with Crippen molar-refractivity contribution >= 4 is 62.3 Å². The second-order valence-electron chi connectivity index (χ2n) is 11.1. The van der Waals surface area contributed by atoms with Crippen molar-refractivity contribution in [1.82, 2.24) is 10.2 Å². The highest BCUT2D eigenvalue weighted by Crippen LogP contribution is 2.29. The van der Waals surface area contributed by atoms with Crippen LogP contribution in [0.4, 0.5) is 5.69 Å². The zero-order valence-electron chi connectivity index (χ0n) is 25.8. The van der Waals surface area contributed by atoms with Gasteiger partial charge in [-0.1, -0.05) is 102 Å². The van der Waals surface area contributed by atoms with Gasteiger partial charge in [-0.2, -0.15) is 0 Å². The fraction of sp³-hybridized carbons (Fsp3) is 0.257. The lowest BCUT2D eigenvalue weighted by atomic mass is 10.0. The molecule has 7 nitrogen and oxygen atoms in total. The van der Waals surface area contributed by atoms with Crippen molar-refractivity contribution in [2.75, 3.05) is 10.8 Å². The van der Waals surface area contributed by atoms with Crippen LogP contribution in [-0.4, -0.2) is 43.8 Å². The van der Waals surface area contributed by atoms with Crippen molar-refractivity contribution in [3.05, 3.63) is 129 Å². The molecule has 0 radical (unpaired) electrons. The van der Waals surface area contributed by atoms with Gasteiger partial charge in [-0.3, -0.25) is 13.9 Å². The Bertz CT molecular complexity index is 1770. The highest BCUT2D eigenvalue weighted by atomic mass is 35.5. The summed E-state index contributed by atoms with van der Waals surface area (Å²) in [4.78, 5) is 29.9. The van der Waals surface area contributed by atoms with E-state index in [1.807, 2.05) is 44.2 Å². The highest BCUT2D eigenvalue weighted by molar-refractivity contribution is 7.92. The van der Waals surface area contributed by atoms with Gasteiger partial charge in [0.15, 0.2) is 0 Å². The lowest BCUT2D eigenvalue weighted by Crippen LogP contribution is -2.54. The molecule has 0 spiro atoms. The third-order valence-corrected chi connectivity index (χ3v) is 10.6. The van der Waals surface area contributed by atoms with E-state index in [9.17, 15) is 18.0 Å². The number of sulfonamides is 1. The van der Waals surface area contributed by atoms with E-state index in [1.54, 1.807) is 55.5 Å². The quantitative estimate of drug-likeness (QED) is 0.155. The predicted molar refractivity (Wildman–Crippen MR) is 186 cm³/mol. The topological polar surface area (TPSA) is 86.8 Å². The number of halogens is 3. The number of amides is 2. The number of hydrogen-bond donors (Lipinski definition) is 1. The first kappa shape index (κ1) is 35.3. The van der Waals surface area contributed by atoms with Crippen molar-refractivity contribution in [3.63, 3.8) is 0 Å². The summed E-state index contributed by atoms with van der Waals surface area (Å²) in [6.45, 7) is 5.01. The Morgan fingerprint density at radius 2 is 1.46 bits per heavy atom. The van der Waals surface area contributed by atoms with Crippen LogP contribution in [0.5, 0.6) is 0 Å². The molecular weight excluding hydrogens is 665 g/mol. The van der Waals surface area contributed by atoms with Gasteiger partial charge in [0.1, 0.15) is 12.6 Å². The van der Waals surface area contributed by atoms with E-state index >= 15 is 0 Å². The summed E-state index contributed by atoms with van der Waals surface area (Å²) in [6.07, 6.45) is 0.875. The number of nitrogens with one attached hydrogen (secondary N) is 1. The Kier molecular flexibility index (Phi) is 12.1. The van der Waals surface area contributed by atoms with Gasteiger partial charge < -0.3 is 10.2 Å². The number of aryl methyl sites for hydroxylation is 1. The summed E-state index contributed by atoms with van der Waals surface area (Å²) in [5.74, 6) is -0.954. The van der Waals surface area contributed by atoms with Crippen molar-refractivity contribution in [2.45, 2.75) is 57.1 Å². The summed E-state index contributed by atoms with van der Waals surface area (Å²) in [5, 5.41) is 4.00. The smallest absolute Gasteiger partial charge is 0.264 e. The normalized spacial score (nSPS) is 12.7. The predicted octanol–water partition coefficient (Wildman–Crippen LogP) is 7.71. The average Bonchev–Trinajstić information content (AvgIpc) is 3.05. The molecule has 4 aromatic rings. The maximum atomic E-state index is 14.6. The third-order valence-electron chi connectivity index (χ3n) is 7.66. The minimum Gasteiger partial charge on any atom is -0.352 e. The Hall–Kier alpha value is -3.56. The Balaban J connectivity index is 1.83. The largest absolute Gasteiger partial charge is 0.352 e. The van der Waals surface area contributed by atoms with E-state index in [0.29, 0.717) is 22.0 Å². The summed E-state index contributed by atoms with van der Waals surface area (Å²) in [7, 11) is -4.24. The van der Waals surface area contributed by atoms with Gasteiger partial charge >= 0.3 is 0 Å². The minimum atomic E-state index is -4.24. The molecule has 242 valence electrons. The van der Waals surface area contributed by atoms with E-state index in [1.165, 1.54) is 23.1 Å². The molecule has 4 rings (SSSR count). The van der Waals surface area contributed by atoms with Crippen molar-refractivity contribution in [3.8, 4) is 0 Å². The number of rotatable bonds is 13. The highest BCUT2D eigenvalue weighted by Gasteiger charge is 2.35. The van der Waals surface area contributed by atoms with Gasteiger partial charge in [-0.05, 0) is 73.4 Å². The minimum absolute atomic E-state index is 0.00544. The van der Waals surface area contributed by atoms with Gasteiger partial charge in [-0.25, -0.2) is 8.42 Å². The van der Waals surface area contributed by atoms with Crippen LogP contribution in [0.2, 0.25) is 15.1 Å². The van der Waals surface area contributed by atoms with E-state index in [2.05, 4.69) is 5.32 Å². The second kappa shape index (κ2) is 15.8. The first-order chi connectivity index (χ1) is 21.9. The first-order valence-electron chi connectivity index (χ1n) is 14.8. The lowest BCUT2D eigenvalue weighted by molar-refractivity contribution is -0.140. The van der Waals surface area contributed by atoms with Crippen LogP contribution in [0.1, 0.15) is 37.0 Å². The van der Waals surface area contributed by atoms with E-state index in [4.69, 9.17) is 34.8 Å². The molecule has 4 aromatic carbocycles. The number of nitrogens with zero attached hydrogens (tertiary/aromatic N) is 2. The van der Waals surface area contributed by atoms with Crippen LogP contribution >= 0.6 is 34.8 Å². The Morgan fingerprint density at radius 1 is 0.804 bits per heavy atom. The molecule has 2 atom stereocenters. The van der Waals surface area contributed by atoms with Crippen LogP contribution < -0.4 is 9.62 Å². The molecule has 0 fully saturated rings. The summed E-state index contributed by atoms with van der Waals surface area (Å²) in [6, 6.07) is 25.9. The van der Waals surface area contributed by atoms with Gasteiger partial charge in [0.2, 0.25) is 11.8 Å². The van der Waals surface area contributed by atoms with Gasteiger partial charge in [-0.15, -0.1) is 0 Å². The molecule has 0 bridgehead atoms. The molecule has 0 saturated carbocycles. The maximum absolute atomic E-state index is 14.6. The van der Waals surface area contributed by atoms with Gasteiger partial charge in [0, 0.05) is 24.0 Å². The number of carbonyl (C=O) groups is 2. The molecule has 0 unspecified atom stereocenters. The first-order valence-corrected chi connectivity index (χ1v) is 17.4. The zero-order chi connectivity index (χ0) is 33.4. The number of benzene rings is 4. The van der Waals surface area contributed by atoms with Crippen LogP contribution in [0.3, 0.4) is 0 Å². The second-order valence-corrected chi connectivity index (χ2v) is 14.1. The molecular formula is C35H36Cl3N3O4S. The van der Waals surface area contributed by atoms with Crippen LogP contribution in [0, 0.1) is 6.92 Å². The summed E-state index contributed by atoms with van der Waals surface area (Å²) < 4.78 is 29.2. The summed E-state index contributed by atoms with van der Waals surface area (Å²) in [5.41, 5.74) is 2.41. The third kappa shape index (κ3) is 8.82. The standard InChI is InChI=1S/C35H36Cl3N3O4S/c1-4-25(3)39-35(43)33(20-26-11-7-5-8-12-26)40(22-27-16-18-30(36)32(38)19-27)34(42)23-41(28-17-15-24(2)31(37)21-28)46(44,45)29-13-9-6-10-14-29/h5-19,21,25,33H,4,20,22-23H2,1-3H3,(H,39,43)/t25-,33+/m0/s1. The molecule has 46 heavy (non-hydrogen) atoms. The average molecular weight is 701 g/mol. The number of anilines is 1. The lowest BCUT2D eigenvalue weighted by Gasteiger charge is -2.34. The molecule has 0 saturated heterocycles. The molecule has 0 aromatic heterocycles. The summed E-state index contributed by atoms with van der Waals surface area (Å²) >= 11 is 19.0. The molecule has 2 amide bonds. The Morgan fingerprint density at radius 3 is 2.07 bits per heavy atom. The van der Waals surface area contributed by atoms with Gasteiger partial charge in [0.05, 0.1) is 20.6 Å². The van der Waals surface area contributed by atoms with Crippen molar-refractivity contribution in [2.24, 2.45) is 0 Å². The van der Waals surface area contributed by atoms with Crippen LogP contribution in [-0.2, 0) is 32.6 Å². The monoisotopic (exact) mass is 699 g/mol. The molecule has 0 aliphatic carbocycles. The van der Waals surface area contributed by atoms with Gasteiger partial charge in [0.25, 0.3) is 10.0 Å². The maximum Gasteiger partial charge on any atom is 0.264 e. The SMILES string of the molecule is CC[C@H](C)NC(=O)[C@@H](Cc1ccccc1)N(Cc1ccc(Cl)c(Cl)c1)C(=O)CN(c1ccc(C)c(Cl)c1)S(=O)(=O)c1ccccc1. The van der Waals surface area contributed by atoms with E-state index in [-0.39, 0.29) is 40.5 Å². The Labute approximate surface area is 286 Å². The van der Waals surface area contributed by atoms with E-state index in [0.717, 1.165) is 15.4 Å². The number of hydrogen-bond acceptors (Lipinski definition) is 4. The fourth-order valence-electron chi connectivity index (χ4n) is 4.82. The zero-order valence-corrected chi connectivity index (χ0v) is 28.9. The molecule has 1 N–H and O–H groups in total. The fourth-order valence-corrected chi connectivity index (χ4v) is 6.74. The van der Waals surface area contributed by atoms with E-state index < -0.39 is 28.5 Å². The molecule has 0 heterocycles. The van der Waals surface area contributed by atoms with Crippen molar-refractivity contribution < 1.29 is 18.0 Å². The van der Waals surface area contributed by atoms with Crippen LogP contribution in [0.15, 0.2) is 102 Å². The number of carbonyl (C=O) groups excluding carboxylic acids is 2. The molecule has 11 heteroatoms. The van der Waals surface area contributed by atoms with Crippen LogP contribution in [0.25, 0.3) is 0 Å². The molecule has 0 aliphatic heterocycles. The molecule has 0 aliphatic rings. The van der Waals surface area contributed by atoms with Crippen molar-refractivity contribution in [1.29, 1.82) is 0 Å².